The van der Waals surface area contributed by atoms with Crippen molar-refractivity contribution in [3.05, 3.63) is 46.1 Å². The van der Waals surface area contributed by atoms with Crippen LogP contribution in [0.5, 0.6) is 0 Å². The zero-order valence-electron chi connectivity index (χ0n) is 12.0. The minimum Gasteiger partial charge on any atom is -0.349 e. The minimum atomic E-state index is -0.455. The minimum absolute atomic E-state index is 0.0208. The van der Waals surface area contributed by atoms with E-state index in [1.807, 2.05) is 13.8 Å². The average Bonchev–Trinajstić information content (AvgIpc) is 2.80. The van der Waals surface area contributed by atoms with E-state index in [9.17, 15) is 14.9 Å². The van der Waals surface area contributed by atoms with E-state index in [4.69, 9.17) is 0 Å². The summed E-state index contributed by atoms with van der Waals surface area (Å²) in [5.74, 6) is -0.201. The summed E-state index contributed by atoms with van der Waals surface area (Å²) in [6, 6.07) is 7.76. The van der Waals surface area contributed by atoms with Crippen LogP contribution in [0.2, 0.25) is 0 Å². The van der Waals surface area contributed by atoms with E-state index in [1.54, 1.807) is 25.2 Å². The maximum atomic E-state index is 12.0. The molecule has 0 atom stereocenters. The molecule has 1 heterocycles. The molecule has 0 fully saturated rings. The molecule has 1 amide bonds. The number of non-ortho nitro benzene ring substituents is 1. The molecule has 0 aliphatic heterocycles. The Kier molecular flexibility index (Phi) is 4.02. The molecule has 2 aromatic rings. The molecule has 0 spiro atoms. The second-order valence-corrected chi connectivity index (χ2v) is 4.97. The Hall–Kier alpha value is -2.70. The molecule has 0 aliphatic carbocycles. The third-order valence-corrected chi connectivity index (χ3v) is 2.91. The Labute approximate surface area is 121 Å². The van der Waals surface area contributed by atoms with Gasteiger partial charge in [0.2, 0.25) is 0 Å². The monoisotopic (exact) mass is 288 g/mol. The number of nitro groups is 1. The van der Waals surface area contributed by atoms with E-state index in [1.165, 1.54) is 16.8 Å². The van der Waals surface area contributed by atoms with Gasteiger partial charge in [-0.05, 0) is 32.0 Å². The van der Waals surface area contributed by atoms with Gasteiger partial charge in [0, 0.05) is 30.8 Å². The lowest BCUT2D eigenvalue weighted by atomic mass is 10.1. The number of benzene rings is 1. The van der Waals surface area contributed by atoms with Crippen molar-refractivity contribution in [1.29, 1.82) is 0 Å². The van der Waals surface area contributed by atoms with Gasteiger partial charge < -0.3 is 5.32 Å². The Bertz CT molecular complexity index is 674. The number of carbonyl (C=O) groups excluding carboxylic acids is 1. The highest BCUT2D eigenvalue weighted by atomic mass is 16.6. The van der Waals surface area contributed by atoms with Gasteiger partial charge in [-0.25, -0.2) is 0 Å². The lowest BCUT2D eigenvalue weighted by Crippen LogP contribution is -2.31. The van der Waals surface area contributed by atoms with Gasteiger partial charge >= 0.3 is 0 Å². The van der Waals surface area contributed by atoms with Crippen LogP contribution in [-0.2, 0) is 7.05 Å². The predicted octanol–water partition coefficient (Wildman–Crippen LogP) is 2.13. The zero-order valence-corrected chi connectivity index (χ0v) is 12.0. The predicted molar refractivity (Wildman–Crippen MR) is 77.9 cm³/mol. The molecule has 0 saturated carbocycles. The van der Waals surface area contributed by atoms with E-state index < -0.39 is 4.92 Å². The van der Waals surface area contributed by atoms with Crippen molar-refractivity contribution in [3.8, 4) is 11.3 Å². The van der Waals surface area contributed by atoms with Crippen LogP contribution in [0.1, 0.15) is 24.3 Å². The third-order valence-electron chi connectivity index (χ3n) is 2.91. The van der Waals surface area contributed by atoms with Gasteiger partial charge in [0.15, 0.2) is 0 Å². The molecular weight excluding hydrogens is 272 g/mol. The van der Waals surface area contributed by atoms with Crippen LogP contribution >= 0.6 is 0 Å². The van der Waals surface area contributed by atoms with Crippen LogP contribution in [0.25, 0.3) is 11.3 Å². The summed E-state index contributed by atoms with van der Waals surface area (Å²) < 4.78 is 1.49. The van der Waals surface area contributed by atoms with E-state index in [2.05, 4.69) is 10.4 Å². The van der Waals surface area contributed by atoms with Gasteiger partial charge in [-0.3, -0.25) is 19.6 Å². The topological polar surface area (TPSA) is 90.1 Å². The SMILES string of the molecule is CC(C)NC(=O)c1cc(-c2ccc([N+](=O)[O-])cc2)nn1C. The van der Waals surface area contributed by atoms with E-state index in [-0.39, 0.29) is 17.6 Å². The van der Waals surface area contributed by atoms with Crippen molar-refractivity contribution < 1.29 is 9.72 Å². The molecule has 7 nitrogen and oxygen atoms in total. The van der Waals surface area contributed by atoms with Crippen LogP contribution in [0.4, 0.5) is 5.69 Å². The highest BCUT2D eigenvalue weighted by molar-refractivity contribution is 5.93. The van der Waals surface area contributed by atoms with Gasteiger partial charge in [0.25, 0.3) is 11.6 Å². The Morgan fingerprint density at radius 1 is 1.33 bits per heavy atom. The number of aryl methyl sites for hydroxylation is 1. The number of nitrogens with one attached hydrogen (secondary N) is 1. The first kappa shape index (κ1) is 14.7. The molecule has 0 saturated heterocycles. The Morgan fingerprint density at radius 2 is 1.95 bits per heavy atom. The molecule has 1 aromatic heterocycles. The van der Waals surface area contributed by atoms with Crippen molar-refractivity contribution in [2.45, 2.75) is 19.9 Å². The van der Waals surface area contributed by atoms with E-state index in [0.29, 0.717) is 11.4 Å². The second kappa shape index (κ2) is 5.74. The number of carbonyl (C=O) groups is 1. The van der Waals surface area contributed by atoms with Crippen LogP contribution in [0, 0.1) is 10.1 Å². The quantitative estimate of drug-likeness (QED) is 0.689. The first-order valence-electron chi connectivity index (χ1n) is 6.48. The number of aromatic nitrogens is 2. The highest BCUT2D eigenvalue weighted by Crippen LogP contribution is 2.22. The molecular formula is C14H16N4O3. The van der Waals surface area contributed by atoms with Crippen molar-refractivity contribution in [1.82, 2.24) is 15.1 Å². The first-order valence-corrected chi connectivity index (χ1v) is 6.48. The van der Waals surface area contributed by atoms with Gasteiger partial charge in [0.05, 0.1) is 10.6 Å². The first-order chi connectivity index (χ1) is 9.88. The maximum Gasteiger partial charge on any atom is 0.269 e. The number of nitro benzene ring substituents is 1. The third kappa shape index (κ3) is 3.25. The number of amides is 1. The van der Waals surface area contributed by atoms with Crippen LogP contribution in [-0.4, -0.2) is 26.7 Å². The summed E-state index contributed by atoms with van der Waals surface area (Å²) in [7, 11) is 1.68. The molecule has 1 aromatic carbocycles. The molecule has 1 N–H and O–H groups in total. The van der Waals surface area contributed by atoms with Crippen molar-refractivity contribution in [3.63, 3.8) is 0 Å². The molecule has 110 valence electrons. The fourth-order valence-corrected chi connectivity index (χ4v) is 1.91. The van der Waals surface area contributed by atoms with Crippen molar-refractivity contribution in [2.24, 2.45) is 7.05 Å². The summed E-state index contributed by atoms with van der Waals surface area (Å²) in [5.41, 5.74) is 1.78. The molecule has 7 heteroatoms. The fourth-order valence-electron chi connectivity index (χ4n) is 1.91. The maximum absolute atomic E-state index is 12.0. The van der Waals surface area contributed by atoms with Crippen molar-refractivity contribution in [2.75, 3.05) is 0 Å². The summed E-state index contributed by atoms with van der Waals surface area (Å²) in [6.45, 7) is 3.76. The normalized spacial score (nSPS) is 10.7. The molecule has 0 aliphatic rings. The smallest absolute Gasteiger partial charge is 0.269 e. The summed E-state index contributed by atoms with van der Waals surface area (Å²) in [4.78, 5) is 22.2. The van der Waals surface area contributed by atoms with E-state index in [0.717, 1.165) is 5.56 Å². The lowest BCUT2D eigenvalue weighted by Gasteiger charge is -2.07. The number of hydrogen-bond donors (Lipinski definition) is 1. The summed E-state index contributed by atoms with van der Waals surface area (Å²) >= 11 is 0. The zero-order chi connectivity index (χ0) is 15.6. The molecule has 0 radical (unpaired) electrons. The Balaban J connectivity index is 2.29. The number of nitrogens with zero attached hydrogens (tertiary/aromatic N) is 3. The van der Waals surface area contributed by atoms with Crippen LogP contribution < -0.4 is 5.32 Å². The van der Waals surface area contributed by atoms with Gasteiger partial charge in [-0.1, -0.05) is 0 Å². The largest absolute Gasteiger partial charge is 0.349 e. The van der Waals surface area contributed by atoms with E-state index >= 15 is 0 Å². The highest BCUT2D eigenvalue weighted by Gasteiger charge is 2.15. The summed E-state index contributed by atoms with van der Waals surface area (Å²) in [6.07, 6.45) is 0. The Morgan fingerprint density at radius 3 is 2.48 bits per heavy atom. The van der Waals surface area contributed by atoms with Crippen LogP contribution in [0.15, 0.2) is 30.3 Å². The number of rotatable bonds is 4. The second-order valence-electron chi connectivity index (χ2n) is 4.97. The van der Waals surface area contributed by atoms with Crippen molar-refractivity contribution >= 4 is 11.6 Å². The molecule has 21 heavy (non-hydrogen) atoms. The van der Waals surface area contributed by atoms with Crippen LogP contribution in [0.3, 0.4) is 0 Å². The van der Waals surface area contributed by atoms with Gasteiger partial charge in [0.1, 0.15) is 5.69 Å². The fraction of sp³-hybridized carbons (Fsp3) is 0.286. The molecule has 2 rings (SSSR count). The summed E-state index contributed by atoms with van der Waals surface area (Å²) in [5, 5.41) is 17.7. The molecule has 0 bridgehead atoms. The number of hydrogen-bond acceptors (Lipinski definition) is 4. The molecule has 0 unspecified atom stereocenters. The lowest BCUT2D eigenvalue weighted by molar-refractivity contribution is -0.384. The van der Waals surface area contributed by atoms with Gasteiger partial charge in [-0.2, -0.15) is 5.10 Å². The van der Waals surface area contributed by atoms with Gasteiger partial charge in [-0.15, -0.1) is 0 Å². The average molecular weight is 288 g/mol. The standard InChI is InChI=1S/C14H16N4O3/c1-9(2)15-14(19)13-8-12(16-17(13)3)10-4-6-11(7-5-10)18(20)21/h4-9H,1-3H3,(H,15,19).